The second kappa shape index (κ2) is 9.59. The van der Waals surface area contributed by atoms with Crippen molar-refractivity contribution < 1.29 is 14.3 Å². The van der Waals surface area contributed by atoms with Gasteiger partial charge in [-0.25, -0.2) is 0 Å². The largest absolute Gasteiger partial charge is 0.376 e. The molecule has 0 bridgehead atoms. The summed E-state index contributed by atoms with van der Waals surface area (Å²) < 4.78 is 5.68. The van der Waals surface area contributed by atoms with Crippen LogP contribution in [0.1, 0.15) is 29.8 Å². The Bertz CT molecular complexity index is 701. The zero-order chi connectivity index (χ0) is 18.1. The van der Waals surface area contributed by atoms with Gasteiger partial charge in [-0.2, -0.15) is 0 Å². The van der Waals surface area contributed by atoms with Gasteiger partial charge in [0, 0.05) is 24.7 Å². The van der Waals surface area contributed by atoms with Gasteiger partial charge in [-0.3, -0.25) is 9.59 Å². The first-order valence-electron chi connectivity index (χ1n) is 8.32. The zero-order valence-corrected chi connectivity index (χ0v) is 14.6. The molecule has 0 aliphatic heterocycles. The molecule has 5 heteroatoms. The second-order valence-corrected chi connectivity index (χ2v) is 6.08. The van der Waals surface area contributed by atoms with Gasteiger partial charge in [-0.1, -0.05) is 43.3 Å². The normalized spacial score (nSPS) is 11.6. The van der Waals surface area contributed by atoms with Gasteiger partial charge >= 0.3 is 0 Å². The molecule has 0 radical (unpaired) electrons. The van der Waals surface area contributed by atoms with Crippen LogP contribution in [-0.4, -0.2) is 25.0 Å². The van der Waals surface area contributed by atoms with Crippen LogP contribution >= 0.6 is 0 Å². The van der Waals surface area contributed by atoms with Gasteiger partial charge in [-0.15, -0.1) is 0 Å². The second-order valence-electron chi connectivity index (χ2n) is 6.08. The molecule has 0 spiro atoms. The molecule has 2 aromatic rings. The first kappa shape index (κ1) is 18.7. The van der Waals surface area contributed by atoms with Crippen molar-refractivity contribution in [3.05, 3.63) is 65.7 Å². The lowest BCUT2D eigenvalue weighted by Crippen LogP contribution is -2.30. The van der Waals surface area contributed by atoms with Crippen molar-refractivity contribution in [2.24, 2.45) is 5.92 Å². The van der Waals surface area contributed by atoms with Gasteiger partial charge in [0.2, 0.25) is 5.91 Å². The van der Waals surface area contributed by atoms with Crippen LogP contribution in [0.15, 0.2) is 54.6 Å². The van der Waals surface area contributed by atoms with Crippen molar-refractivity contribution >= 4 is 17.5 Å². The number of nitrogens with one attached hydrogen (secondary N) is 2. The number of anilines is 1. The molecule has 5 nitrogen and oxygen atoms in total. The van der Waals surface area contributed by atoms with E-state index in [2.05, 4.69) is 10.6 Å². The van der Waals surface area contributed by atoms with E-state index in [1.54, 1.807) is 24.3 Å². The third-order valence-corrected chi connectivity index (χ3v) is 3.57. The van der Waals surface area contributed by atoms with Gasteiger partial charge in [0.15, 0.2) is 0 Å². The molecule has 0 saturated heterocycles. The maximum Gasteiger partial charge on any atom is 0.251 e. The molecular weight excluding hydrogens is 316 g/mol. The summed E-state index contributed by atoms with van der Waals surface area (Å²) in [5, 5.41) is 5.57. The number of carbonyl (C=O) groups is 2. The van der Waals surface area contributed by atoms with Gasteiger partial charge in [0.25, 0.3) is 5.91 Å². The number of rotatable bonds is 8. The molecule has 132 valence electrons. The predicted octanol–water partition coefficient (Wildman–Crippen LogP) is 3.23. The summed E-state index contributed by atoms with van der Waals surface area (Å²) >= 11 is 0. The Hall–Kier alpha value is -2.66. The summed E-state index contributed by atoms with van der Waals surface area (Å²) in [5.74, 6) is -0.130. The number of hydrogen-bond donors (Lipinski definition) is 2. The van der Waals surface area contributed by atoms with E-state index in [1.807, 2.05) is 37.3 Å². The minimum absolute atomic E-state index is 0.165. The zero-order valence-electron chi connectivity index (χ0n) is 14.6. The maximum absolute atomic E-state index is 12.2. The predicted molar refractivity (Wildman–Crippen MR) is 98.3 cm³/mol. The summed E-state index contributed by atoms with van der Waals surface area (Å²) in [6.07, 6.45) is 0. The Morgan fingerprint density at radius 3 is 2.56 bits per heavy atom. The van der Waals surface area contributed by atoms with Crippen LogP contribution in [0.5, 0.6) is 0 Å². The molecule has 0 aliphatic carbocycles. The van der Waals surface area contributed by atoms with E-state index in [4.69, 9.17) is 4.74 Å². The van der Waals surface area contributed by atoms with Crippen molar-refractivity contribution in [3.63, 3.8) is 0 Å². The monoisotopic (exact) mass is 340 g/mol. The molecule has 25 heavy (non-hydrogen) atoms. The van der Waals surface area contributed by atoms with Crippen LogP contribution in [-0.2, 0) is 16.1 Å². The maximum atomic E-state index is 12.2. The molecule has 0 aromatic heterocycles. The van der Waals surface area contributed by atoms with E-state index in [0.29, 0.717) is 31.0 Å². The molecule has 1 atom stereocenters. The number of ether oxygens (including phenoxy) is 1. The molecule has 0 fully saturated rings. The molecule has 2 aromatic carbocycles. The van der Waals surface area contributed by atoms with Crippen molar-refractivity contribution in [2.75, 3.05) is 18.5 Å². The summed E-state index contributed by atoms with van der Waals surface area (Å²) in [4.78, 5) is 23.3. The van der Waals surface area contributed by atoms with Crippen LogP contribution in [0, 0.1) is 5.92 Å². The SMILES string of the molecule is CC(=O)Nc1cccc(C(=O)NCC(C)COCc2ccccc2)c1. The molecule has 0 heterocycles. The van der Waals surface area contributed by atoms with Crippen LogP contribution in [0.3, 0.4) is 0 Å². The standard InChI is InChI=1S/C20H24N2O3/c1-15(13-25-14-17-7-4-3-5-8-17)12-21-20(24)18-9-6-10-19(11-18)22-16(2)23/h3-11,15H,12-14H2,1-2H3,(H,21,24)(H,22,23). The van der Waals surface area contributed by atoms with E-state index in [-0.39, 0.29) is 17.7 Å². The Morgan fingerprint density at radius 1 is 1.08 bits per heavy atom. The topological polar surface area (TPSA) is 67.4 Å². The highest BCUT2D eigenvalue weighted by atomic mass is 16.5. The fourth-order valence-corrected chi connectivity index (χ4v) is 2.32. The number of hydrogen-bond acceptors (Lipinski definition) is 3. The quantitative estimate of drug-likeness (QED) is 0.775. The average molecular weight is 340 g/mol. The number of amides is 2. The summed E-state index contributed by atoms with van der Waals surface area (Å²) in [6.45, 7) is 5.12. The average Bonchev–Trinajstić information content (AvgIpc) is 2.60. The first-order chi connectivity index (χ1) is 12.0. The summed E-state index contributed by atoms with van der Waals surface area (Å²) in [6, 6.07) is 16.9. The van der Waals surface area contributed by atoms with E-state index < -0.39 is 0 Å². The minimum atomic E-state index is -0.165. The Morgan fingerprint density at radius 2 is 1.84 bits per heavy atom. The fourth-order valence-electron chi connectivity index (χ4n) is 2.32. The molecule has 0 aliphatic rings. The third-order valence-electron chi connectivity index (χ3n) is 3.57. The molecule has 2 N–H and O–H groups in total. The highest BCUT2D eigenvalue weighted by molar-refractivity contribution is 5.96. The Labute approximate surface area is 148 Å². The lowest BCUT2D eigenvalue weighted by Gasteiger charge is -2.13. The lowest BCUT2D eigenvalue weighted by atomic mass is 10.1. The van der Waals surface area contributed by atoms with Crippen LogP contribution < -0.4 is 10.6 Å². The molecule has 0 saturated carbocycles. The van der Waals surface area contributed by atoms with Crippen molar-refractivity contribution in [2.45, 2.75) is 20.5 Å². The summed E-state index contributed by atoms with van der Waals surface area (Å²) in [7, 11) is 0. The molecular formula is C20H24N2O3. The van der Waals surface area contributed by atoms with E-state index in [9.17, 15) is 9.59 Å². The van der Waals surface area contributed by atoms with Crippen LogP contribution in [0.2, 0.25) is 0 Å². The van der Waals surface area contributed by atoms with Crippen LogP contribution in [0.4, 0.5) is 5.69 Å². The van der Waals surface area contributed by atoms with Gasteiger partial charge < -0.3 is 15.4 Å². The van der Waals surface area contributed by atoms with Gasteiger partial charge in [0.1, 0.15) is 0 Å². The van der Waals surface area contributed by atoms with Crippen LogP contribution in [0.25, 0.3) is 0 Å². The highest BCUT2D eigenvalue weighted by Crippen LogP contribution is 2.11. The minimum Gasteiger partial charge on any atom is -0.376 e. The molecule has 2 amide bonds. The van der Waals surface area contributed by atoms with E-state index in [1.165, 1.54) is 6.92 Å². The lowest BCUT2D eigenvalue weighted by molar-refractivity contribution is -0.114. The number of benzene rings is 2. The highest BCUT2D eigenvalue weighted by Gasteiger charge is 2.09. The van der Waals surface area contributed by atoms with Crippen molar-refractivity contribution in [1.82, 2.24) is 5.32 Å². The van der Waals surface area contributed by atoms with E-state index in [0.717, 1.165) is 5.56 Å². The first-order valence-corrected chi connectivity index (χ1v) is 8.32. The van der Waals surface area contributed by atoms with Gasteiger partial charge in [0.05, 0.1) is 13.2 Å². The Kier molecular flexibility index (Phi) is 7.16. The van der Waals surface area contributed by atoms with Crippen molar-refractivity contribution in [1.29, 1.82) is 0 Å². The molecule has 1 unspecified atom stereocenters. The number of carbonyl (C=O) groups excluding carboxylic acids is 2. The fraction of sp³-hybridized carbons (Fsp3) is 0.300. The molecule has 2 rings (SSSR count). The Balaban J connectivity index is 1.74. The van der Waals surface area contributed by atoms with Crippen molar-refractivity contribution in [3.8, 4) is 0 Å². The van der Waals surface area contributed by atoms with E-state index >= 15 is 0 Å². The third kappa shape index (κ3) is 6.77. The smallest absolute Gasteiger partial charge is 0.251 e. The summed E-state index contributed by atoms with van der Waals surface area (Å²) in [5.41, 5.74) is 2.26. The van der Waals surface area contributed by atoms with Gasteiger partial charge in [-0.05, 0) is 29.7 Å².